The van der Waals surface area contributed by atoms with E-state index in [4.69, 9.17) is 14.5 Å². The summed E-state index contributed by atoms with van der Waals surface area (Å²) in [6, 6.07) is 23.1. The molecule has 20 nitrogen and oxygen atoms in total. The van der Waals surface area contributed by atoms with Crippen molar-refractivity contribution in [3.63, 3.8) is 0 Å². The molecule has 0 aliphatic carbocycles. The Morgan fingerprint density at radius 2 is 1.07 bits per heavy atom. The number of benzene rings is 4. The van der Waals surface area contributed by atoms with Crippen molar-refractivity contribution in [2.75, 3.05) is 36.8 Å². The molecule has 2 unspecified atom stereocenters. The molecule has 2 atom stereocenters. The van der Waals surface area contributed by atoms with Crippen molar-refractivity contribution >= 4 is 75.5 Å². The Kier molecular flexibility index (Phi) is 22.8. The number of methoxy groups -OCH3 is 2. The SMILES string of the molecule is COc1cc(-c2cc(C)cc(C(F)(F)F)c2)c(F)cc1-n1c2c(ccc1=O)CN(S(=O)(=O)Nc1cccnn1)CC2.COc1cc(Br)c(F)cc1-n1c2c(ccc1=O)CN(S(=O)(=O)Nc1cccnn1)CC2.Cc1cc(O[B]O)cc(C(F)(F)F)c1.P.P. The lowest BCUT2D eigenvalue weighted by atomic mass is 9.98. The van der Waals surface area contributed by atoms with Gasteiger partial charge in [-0.3, -0.25) is 28.2 Å². The lowest BCUT2D eigenvalue weighted by Gasteiger charge is -2.30. The second kappa shape index (κ2) is 28.8. The van der Waals surface area contributed by atoms with Crippen molar-refractivity contribution in [1.29, 1.82) is 0 Å². The van der Waals surface area contributed by atoms with Gasteiger partial charge in [0.25, 0.3) is 11.1 Å². The number of aromatic nitrogens is 6. The third-order valence-electron chi connectivity index (χ3n) is 13.0. The first-order valence-corrected chi connectivity index (χ1v) is 28.8. The average molecular weight is 1370 g/mol. The lowest BCUT2D eigenvalue weighted by Crippen LogP contribution is -2.41. The molecule has 88 heavy (non-hydrogen) atoms. The molecule has 34 heteroatoms. The Morgan fingerprint density at radius 1 is 0.614 bits per heavy atom. The van der Waals surface area contributed by atoms with Gasteiger partial charge in [0.05, 0.1) is 41.2 Å². The third kappa shape index (κ3) is 16.4. The fraction of sp³-hybridized carbons (Fsp3) is 0.222. The number of alkyl halides is 6. The van der Waals surface area contributed by atoms with Crippen LogP contribution in [0, 0.1) is 25.5 Å². The number of hydrogen-bond acceptors (Lipinski definition) is 14. The Balaban J connectivity index is 0.000000232. The molecule has 467 valence electrons. The maximum absolute atomic E-state index is 15.5. The van der Waals surface area contributed by atoms with E-state index in [2.05, 4.69) is 50.4 Å². The standard InChI is InChI=1S/C27H23F4N5O4S.C19H17BrFN5O4S.C8H7BF3O2.2H3P/c1-16-10-18(12-19(11-16)27(29,30)31)20-13-24(40-2)23(14-21(20)28)36-22-7-9-35(15-17(22)5-6-26(36)37)41(38,39)34-25-4-3-8-32-33-25;1-30-17-9-13(20)14(21)10-16(17)26-15-6-8-25(11-12(15)4-5-19(26)27)31(28,29)24-18-3-2-7-22-23-18;1-5-2-6(8(10,11)12)4-7(3-5)14-9-13;;/h3-6,8,10-14H,7,9,15H2,1-2H3,(H,33,34);2-5,7,9-10H,6,8,11H2,1H3,(H,23,24);2-4,13H,1H3;2*1H3. The van der Waals surface area contributed by atoms with Crippen molar-refractivity contribution in [1.82, 2.24) is 38.1 Å². The van der Waals surface area contributed by atoms with E-state index in [1.165, 1.54) is 125 Å². The summed E-state index contributed by atoms with van der Waals surface area (Å²) in [6.45, 7) is 3.06. The molecule has 1 radical (unpaired) electrons. The Hall–Kier alpha value is -7.44. The largest absolute Gasteiger partial charge is 0.569 e. The van der Waals surface area contributed by atoms with E-state index in [1.54, 1.807) is 12.1 Å². The molecule has 2 aliphatic rings. The van der Waals surface area contributed by atoms with Gasteiger partial charge in [-0.2, -0.15) is 81.8 Å². The third-order valence-corrected chi connectivity index (χ3v) is 16.5. The predicted octanol–water partition coefficient (Wildman–Crippen LogP) is 8.77. The van der Waals surface area contributed by atoms with Gasteiger partial charge in [0.15, 0.2) is 11.6 Å². The van der Waals surface area contributed by atoms with Gasteiger partial charge in [-0.25, -0.2) is 8.78 Å². The van der Waals surface area contributed by atoms with E-state index in [0.29, 0.717) is 47.1 Å². The van der Waals surface area contributed by atoms with Crippen molar-refractivity contribution in [2.24, 2.45) is 0 Å². The quantitative estimate of drug-likeness (QED) is 0.0555. The summed E-state index contributed by atoms with van der Waals surface area (Å²) in [6.07, 6.45) is -5.84. The second-order valence-corrected chi connectivity index (χ2v) is 23.0. The van der Waals surface area contributed by atoms with Crippen LogP contribution in [0.2, 0.25) is 0 Å². The number of pyridine rings is 2. The maximum atomic E-state index is 15.5. The summed E-state index contributed by atoms with van der Waals surface area (Å²) in [7, 11) is -4.84. The predicted molar refractivity (Wildman–Crippen MR) is 324 cm³/mol. The van der Waals surface area contributed by atoms with Gasteiger partial charge < -0.3 is 19.2 Å². The summed E-state index contributed by atoms with van der Waals surface area (Å²) in [4.78, 5) is 25.7. The molecule has 4 aromatic carbocycles. The number of ether oxygens (including phenoxy) is 2. The molecule has 0 fully saturated rings. The van der Waals surface area contributed by atoms with Crippen molar-refractivity contribution in [2.45, 2.75) is 52.1 Å². The van der Waals surface area contributed by atoms with Crippen LogP contribution in [0.3, 0.4) is 0 Å². The number of aryl methyl sites for hydroxylation is 2. The maximum Gasteiger partial charge on any atom is 0.569 e. The number of rotatable bonds is 13. The van der Waals surface area contributed by atoms with E-state index < -0.39 is 61.1 Å². The van der Waals surface area contributed by atoms with Gasteiger partial charge in [0.2, 0.25) is 0 Å². The van der Waals surface area contributed by atoms with Gasteiger partial charge in [0.1, 0.15) is 28.9 Å². The molecule has 0 amide bonds. The first-order valence-electron chi connectivity index (χ1n) is 25.1. The van der Waals surface area contributed by atoms with Gasteiger partial charge in [-0.1, -0.05) is 18.2 Å². The minimum atomic E-state index is -4.62. The van der Waals surface area contributed by atoms with Crippen molar-refractivity contribution < 1.29 is 71.1 Å². The van der Waals surface area contributed by atoms with Crippen molar-refractivity contribution in [3.05, 3.63) is 203 Å². The summed E-state index contributed by atoms with van der Waals surface area (Å²) in [5.74, 6) is -0.951. The monoisotopic (exact) mass is 1370 g/mol. The smallest absolute Gasteiger partial charge is 0.537 e. The zero-order valence-electron chi connectivity index (χ0n) is 46.7. The molecule has 8 aromatic rings. The van der Waals surface area contributed by atoms with Gasteiger partial charge in [0, 0.05) is 92.6 Å². The summed E-state index contributed by atoms with van der Waals surface area (Å²) < 4.78 is 183. The highest BCUT2D eigenvalue weighted by Crippen LogP contribution is 2.39. The highest BCUT2D eigenvalue weighted by atomic mass is 79.9. The summed E-state index contributed by atoms with van der Waals surface area (Å²) >= 11 is 3.11. The molecule has 0 saturated carbocycles. The van der Waals surface area contributed by atoms with Crippen LogP contribution in [-0.2, 0) is 58.7 Å². The van der Waals surface area contributed by atoms with E-state index in [1.807, 2.05) is 0 Å². The number of hydrogen-bond donors (Lipinski definition) is 3. The Morgan fingerprint density at radius 3 is 1.51 bits per heavy atom. The minimum Gasteiger partial charge on any atom is -0.537 e. The van der Waals surface area contributed by atoms with Gasteiger partial charge >= 0.3 is 40.5 Å². The van der Waals surface area contributed by atoms with Crippen LogP contribution in [0.4, 0.5) is 46.8 Å². The molecule has 0 spiro atoms. The van der Waals surface area contributed by atoms with E-state index in [-0.39, 0.29) is 114 Å². The number of nitrogens with zero attached hydrogens (tertiary/aromatic N) is 8. The molecule has 2 aliphatic heterocycles. The van der Waals surface area contributed by atoms with Crippen LogP contribution >= 0.6 is 35.7 Å². The molecule has 10 rings (SSSR count). The fourth-order valence-corrected chi connectivity index (χ4v) is 11.8. The first-order chi connectivity index (χ1) is 40.6. The number of halogens is 9. The lowest BCUT2D eigenvalue weighted by molar-refractivity contribution is -0.138. The minimum absolute atomic E-state index is 0. The van der Waals surface area contributed by atoms with E-state index in [9.17, 15) is 57.2 Å². The highest BCUT2D eigenvalue weighted by molar-refractivity contribution is 9.10. The number of anilines is 2. The first kappa shape index (κ1) is 69.7. The van der Waals surface area contributed by atoms with Gasteiger partial charge in [-0.15, -0.1) is 10.2 Å². The molecule has 3 N–H and O–H groups in total. The number of nitrogens with one attached hydrogen (secondary N) is 2. The normalized spacial score (nSPS) is 13.3. The van der Waals surface area contributed by atoms with Crippen LogP contribution < -0.4 is 34.7 Å². The van der Waals surface area contributed by atoms with E-state index in [0.717, 1.165) is 30.3 Å². The zero-order valence-corrected chi connectivity index (χ0v) is 52.7. The van der Waals surface area contributed by atoms with Crippen LogP contribution in [-0.4, -0.2) is 95.0 Å². The molecule has 0 saturated heterocycles. The van der Waals surface area contributed by atoms with Crippen LogP contribution in [0.15, 0.2) is 136 Å². The molecular weight excluding hydrogens is 1320 g/mol. The highest BCUT2D eigenvalue weighted by Gasteiger charge is 2.35. The molecule has 0 bridgehead atoms. The molecule has 6 heterocycles. The number of fused-ring (bicyclic) bond motifs is 2. The molecular formula is C54H53BBrF8N10O10P2S2. The average Bonchev–Trinajstić information content (AvgIpc) is 1.06. The van der Waals surface area contributed by atoms with Crippen molar-refractivity contribution in [3.8, 4) is 39.8 Å². The van der Waals surface area contributed by atoms with Crippen LogP contribution in [0.25, 0.3) is 22.5 Å². The van der Waals surface area contributed by atoms with E-state index >= 15 is 4.39 Å². The summed E-state index contributed by atoms with van der Waals surface area (Å²) in [5, 5.41) is 23.0. The topological polar surface area (TPSA) is 242 Å². The zero-order chi connectivity index (χ0) is 62.5. The van der Waals surface area contributed by atoms with Gasteiger partial charge in [-0.05, 0) is 124 Å². The Labute approximate surface area is 514 Å². The fourth-order valence-electron chi connectivity index (χ4n) is 9.22. The van der Waals surface area contributed by atoms with Crippen LogP contribution in [0.1, 0.15) is 44.8 Å². The van der Waals surface area contributed by atoms with Crippen LogP contribution in [0.5, 0.6) is 17.2 Å². The Bertz CT molecular complexity index is 4190. The molecule has 4 aromatic heterocycles. The summed E-state index contributed by atoms with van der Waals surface area (Å²) in [5.41, 5.74) is 0.423. The second-order valence-electron chi connectivity index (χ2n) is 18.8.